The Morgan fingerprint density at radius 2 is 2.39 bits per heavy atom. The molecule has 0 saturated heterocycles. The van der Waals surface area contributed by atoms with Crippen molar-refractivity contribution in [3.63, 3.8) is 0 Å². The highest BCUT2D eigenvalue weighted by molar-refractivity contribution is 5.90. The van der Waals surface area contributed by atoms with Gasteiger partial charge < -0.3 is 4.74 Å². The Hall–Kier alpha value is -2.33. The van der Waals surface area contributed by atoms with Crippen molar-refractivity contribution in [1.29, 1.82) is 0 Å². The van der Waals surface area contributed by atoms with Crippen LogP contribution in [0.5, 0.6) is 0 Å². The van der Waals surface area contributed by atoms with Gasteiger partial charge in [-0.05, 0) is 30.2 Å². The van der Waals surface area contributed by atoms with Gasteiger partial charge in [0.05, 0.1) is 12.2 Å². The van der Waals surface area contributed by atoms with Gasteiger partial charge >= 0.3 is 5.97 Å². The molecule has 0 heterocycles. The highest BCUT2D eigenvalue weighted by atomic mass is 19.1. The molecule has 0 fully saturated rings. The Balaban J connectivity index is 2.89. The van der Waals surface area contributed by atoms with Crippen LogP contribution in [0.25, 0.3) is 16.5 Å². The first-order valence-corrected chi connectivity index (χ1v) is 5.33. The Morgan fingerprint density at radius 3 is 3.06 bits per heavy atom. The van der Waals surface area contributed by atoms with Crippen molar-refractivity contribution in [3.8, 4) is 0 Å². The van der Waals surface area contributed by atoms with Gasteiger partial charge in [0.2, 0.25) is 0 Å². The molecular weight excluding hydrogens is 237 g/mol. The van der Waals surface area contributed by atoms with E-state index < -0.39 is 11.8 Å². The number of carbonyl (C=O) groups excluding carboxylic acids is 1. The van der Waals surface area contributed by atoms with Gasteiger partial charge in [-0.1, -0.05) is 23.3 Å². The number of benzene rings is 1. The third-order valence-electron chi connectivity index (χ3n) is 2.05. The summed E-state index contributed by atoms with van der Waals surface area (Å²) in [7, 11) is 0. The zero-order valence-corrected chi connectivity index (χ0v) is 9.84. The molecule has 1 rings (SSSR count). The predicted molar refractivity (Wildman–Crippen MR) is 65.4 cm³/mol. The van der Waals surface area contributed by atoms with E-state index in [0.717, 1.165) is 0 Å². The van der Waals surface area contributed by atoms with E-state index in [1.807, 2.05) is 0 Å². The van der Waals surface area contributed by atoms with Crippen LogP contribution in [0.1, 0.15) is 22.8 Å². The van der Waals surface area contributed by atoms with E-state index in [2.05, 4.69) is 10.0 Å². The zero-order chi connectivity index (χ0) is 13.4. The first-order valence-electron chi connectivity index (χ1n) is 5.33. The summed E-state index contributed by atoms with van der Waals surface area (Å²) in [5.41, 5.74) is 8.61. The van der Waals surface area contributed by atoms with Crippen LogP contribution < -0.4 is 0 Å². The lowest BCUT2D eigenvalue weighted by atomic mass is 10.1. The lowest BCUT2D eigenvalue weighted by molar-refractivity contribution is 0.0521. The minimum absolute atomic E-state index is 0.109. The molecule has 0 N–H and O–H groups in total. The molecule has 0 unspecified atom stereocenters. The number of azide groups is 1. The summed E-state index contributed by atoms with van der Waals surface area (Å²) < 4.78 is 18.1. The molecule has 0 radical (unpaired) electrons. The monoisotopic (exact) mass is 249 g/mol. The standard InChI is InChI=1S/C12H12FN3O2/c1-2-18-12(17)10-8-9(5-6-11(10)13)4-3-7-15-16-14/h3-6,8H,2,7H2,1H3. The third kappa shape index (κ3) is 3.92. The lowest BCUT2D eigenvalue weighted by Gasteiger charge is -2.04. The molecule has 94 valence electrons. The number of carbonyl (C=O) groups is 1. The average Bonchev–Trinajstić information content (AvgIpc) is 2.36. The number of esters is 1. The highest BCUT2D eigenvalue weighted by Crippen LogP contribution is 2.13. The predicted octanol–water partition coefficient (Wildman–Crippen LogP) is 3.33. The number of nitrogens with zero attached hydrogens (tertiary/aromatic N) is 3. The Bertz CT molecular complexity index is 508. The van der Waals surface area contributed by atoms with Crippen LogP contribution >= 0.6 is 0 Å². The maximum atomic E-state index is 13.4. The molecule has 0 aliphatic carbocycles. The second-order valence-electron chi connectivity index (χ2n) is 3.28. The molecule has 5 nitrogen and oxygen atoms in total. The summed E-state index contributed by atoms with van der Waals surface area (Å²) in [5.74, 6) is -1.32. The summed E-state index contributed by atoms with van der Waals surface area (Å²) in [6.45, 7) is 2.04. The molecule has 0 spiro atoms. The van der Waals surface area contributed by atoms with Crippen molar-refractivity contribution in [2.24, 2.45) is 5.11 Å². The maximum Gasteiger partial charge on any atom is 0.341 e. The van der Waals surface area contributed by atoms with Crippen molar-refractivity contribution >= 4 is 12.0 Å². The summed E-state index contributed by atoms with van der Waals surface area (Å²) in [4.78, 5) is 14.0. The number of ether oxygens (including phenoxy) is 1. The van der Waals surface area contributed by atoms with E-state index in [-0.39, 0.29) is 18.7 Å². The van der Waals surface area contributed by atoms with Gasteiger partial charge in [0.1, 0.15) is 5.82 Å². The lowest BCUT2D eigenvalue weighted by Crippen LogP contribution is -2.07. The first-order chi connectivity index (χ1) is 8.69. The summed E-state index contributed by atoms with van der Waals surface area (Å²) in [5, 5.41) is 3.32. The van der Waals surface area contributed by atoms with Gasteiger partial charge in [0, 0.05) is 11.5 Å². The molecule has 1 aromatic rings. The van der Waals surface area contributed by atoms with Crippen molar-refractivity contribution in [1.82, 2.24) is 0 Å². The highest BCUT2D eigenvalue weighted by Gasteiger charge is 2.12. The number of halogens is 1. The normalized spacial score (nSPS) is 10.1. The van der Waals surface area contributed by atoms with Crippen molar-refractivity contribution < 1.29 is 13.9 Å². The molecule has 0 aliphatic rings. The fourth-order valence-electron chi connectivity index (χ4n) is 1.28. The van der Waals surface area contributed by atoms with Crippen molar-refractivity contribution in [2.75, 3.05) is 13.2 Å². The van der Waals surface area contributed by atoms with E-state index in [0.29, 0.717) is 5.56 Å². The fourth-order valence-corrected chi connectivity index (χ4v) is 1.28. The summed E-state index contributed by atoms with van der Waals surface area (Å²) in [6, 6.07) is 4.10. The molecule has 6 heteroatoms. The molecule has 0 amide bonds. The second kappa shape index (κ2) is 7.09. The first kappa shape index (κ1) is 13.7. The SMILES string of the molecule is CCOC(=O)c1cc(C=CCN=[N+]=[N-])ccc1F. The molecular formula is C12H12FN3O2. The minimum Gasteiger partial charge on any atom is -0.462 e. The van der Waals surface area contributed by atoms with Crippen molar-refractivity contribution in [2.45, 2.75) is 6.92 Å². The average molecular weight is 249 g/mol. The van der Waals surface area contributed by atoms with Crippen LogP contribution in [0.2, 0.25) is 0 Å². The Labute approximate surface area is 104 Å². The van der Waals surface area contributed by atoms with Crippen LogP contribution in [-0.2, 0) is 4.74 Å². The summed E-state index contributed by atoms with van der Waals surface area (Å²) >= 11 is 0. The number of hydrogen-bond donors (Lipinski definition) is 0. The number of rotatable bonds is 5. The van der Waals surface area contributed by atoms with E-state index in [4.69, 9.17) is 10.3 Å². The quantitative estimate of drug-likeness (QED) is 0.347. The largest absolute Gasteiger partial charge is 0.462 e. The topological polar surface area (TPSA) is 75.1 Å². The van der Waals surface area contributed by atoms with E-state index in [1.165, 1.54) is 18.2 Å². The van der Waals surface area contributed by atoms with Crippen LogP contribution in [0.4, 0.5) is 4.39 Å². The van der Waals surface area contributed by atoms with Gasteiger partial charge in [-0.3, -0.25) is 0 Å². The Kier molecular flexibility index (Phi) is 5.41. The van der Waals surface area contributed by atoms with Crippen LogP contribution in [0, 0.1) is 5.82 Å². The molecule has 0 bridgehead atoms. The van der Waals surface area contributed by atoms with Gasteiger partial charge in [-0.15, -0.1) is 0 Å². The molecule has 1 aromatic carbocycles. The molecule has 18 heavy (non-hydrogen) atoms. The van der Waals surface area contributed by atoms with Crippen LogP contribution in [0.3, 0.4) is 0 Å². The summed E-state index contributed by atoms with van der Waals surface area (Å²) in [6.07, 6.45) is 3.25. The van der Waals surface area contributed by atoms with Crippen LogP contribution in [-0.4, -0.2) is 19.1 Å². The minimum atomic E-state index is -0.694. The van der Waals surface area contributed by atoms with E-state index >= 15 is 0 Å². The Morgan fingerprint density at radius 1 is 1.61 bits per heavy atom. The van der Waals surface area contributed by atoms with Gasteiger partial charge in [0.25, 0.3) is 0 Å². The third-order valence-corrected chi connectivity index (χ3v) is 2.05. The van der Waals surface area contributed by atoms with Crippen molar-refractivity contribution in [3.05, 3.63) is 51.7 Å². The van der Waals surface area contributed by atoms with Gasteiger partial charge in [-0.2, -0.15) is 0 Å². The molecule has 0 atom stereocenters. The zero-order valence-electron chi connectivity index (χ0n) is 9.84. The maximum absolute atomic E-state index is 13.4. The molecule has 0 saturated carbocycles. The second-order valence-corrected chi connectivity index (χ2v) is 3.28. The smallest absolute Gasteiger partial charge is 0.341 e. The molecule has 0 aromatic heterocycles. The fraction of sp³-hybridized carbons (Fsp3) is 0.250. The van der Waals surface area contributed by atoms with E-state index in [1.54, 1.807) is 19.1 Å². The van der Waals surface area contributed by atoms with Gasteiger partial charge in [0.15, 0.2) is 0 Å². The van der Waals surface area contributed by atoms with Crippen LogP contribution in [0.15, 0.2) is 29.4 Å². The van der Waals surface area contributed by atoms with E-state index in [9.17, 15) is 9.18 Å². The number of hydrogen-bond acceptors (Lipinski definition) is 3. The molecule has 0 aliphatic heterocycles. The van der Waals surface area contributed by atoms with Gasteiger partial charge in [-0.25, -0.2) is 9.18 Å².